The minimum atomic E-state index is -0.990. The summed E-state index contributed by atoms with van der Waals surface area (Å²) < 4.78 is 0. The molecule has 1 N–H and O–H groups in total. The molecule has 0 unspecified atom stereocenters. The molecule has 8 heteroatoms. The number of aromatic carboxylic acids is 1. The third-order valence-electron chi connectivity index (χ3n) is 2.37. The summed E-state index contributed by atoms with van der Waals surface area (Å²) in [4.78, 5) is 19.1. The van der Waals surface area contributed by atoms with E-state index in [-0.39, 0.29) is 25.8 Å². The van der Waals surface area contributed by atoms with E-state index in [2.05, 4.69) is 26.4 Å². The summed E-state index contributed by atoms with van der Waals surface area (Å²) in [7, 11) is 1.78. The van der Waals surface area contributed by atoms with Crippen molar-refractivity contribution >= 4 is 5.97 Å². The molecule has 22 heavy (non-hydrogen) atoms. The Labute approximate surface area is 140 Å². The van der Waals surface area contributed by atoms with Crippen molar-refractivity contribution < 1.29 is 30.0 Å². The molecule has 115 valence electrons. The molecule has 3 aromatic heterocycles. The molecule has 0 fully saturated rings. The first-order valence-corrected chi connectivity index (χ1v) is 6.00. The van der Waals surface area contributed by atoms with E-state index in [0.717, 1.165) is 11.3 Å². The maximum absolute atomic E-state index is 10.1. The van der Waals surface area contributed by atoms with Crippen molar-refractivity contribution in [2.24, 2.45) is 7.05 Å². The second-order valence-electron chi connectivity index (χ2n) is 3.90. The van der Waals surface area contributed by atoms with Crippen LogP contribution in [0.5, 0.6) is 0 Å². The van der Waals surface area contributed by atoms with E-state index in [9.17, 15) is 4.79 Å². The third kappa shape index (κ3) is 5.16. The van der Waals surface area contributed by atoms with Gasteiger partial charge < -0.3 is 10.1 Å². The van der Waals surface area contributed by atoms with Gasteiger partial charge in [0.1, 0.15) is 5.69 Å². The van der Waals surface area contributed by atoms with E-state index < -0.39 is 5.97 Å². The number of rotatable bonds is 2. The van der Waals surface area contributed by atoms with Gasteiger partial charge in [-0.05, 0) is 18.3 Å². The quantitative estimate of drug-likeness (QED) is 0.566. The molecule has 0 aliphatic heterocycles. The molecule has 0 saturated carbocycles. The first-order valence-electron chi connectivity index (χ1n) is 6.00. The minimum absolute atomic E-state index is 0. The van der Waals surface area contributed by atoms with Gasteiger partial charge in [-0.15, -0.1) is 17.7 Å². The Balaban J connectivity index is 0.000000219. The van der Waals surface area contributed by atoms with Crippen molar-refractivity contribution in [3.05, 3.63) is 60.8 Å². The molecule has 1 radical (unpaired) electrons. The van der Waals surface area contributed by atoms with Crippen LogP contribution in [0.3, 0.4) is 0 Å². The van der Waals surface area contributed by atoms with Crippen molar-refractivity contribution in [3.63, 3.8) is 0 Å². The maximum Gasteiger partial charge on any atom is 0.354 e. The Morgan fingerprint density at radius 1 is 1.23 bits per heavy atom. The van der Waals surface area contributed by atoms with Gasteiger partial charge in [0.2, 0.25) is 0 Å². The van der Waals surface area contributed by atoms with Crippen LogP contribution in [-0.4, -0.2) is 36.0 Å². The Bertz CT molecular complexity index is 704. The minimum Gasteiger partial charge on any atom is -0.477 e. The smallest absolute Gasteiger partial charge is 0.354 e. The van der Waals surface area contributed by atoms with E-state index in [1.807, 2.05) is 12.1 Å². The fraction of sp³-hybridized carbons (Fsp3) is 0.0714. The zero-order valence-corrected chi connectivity index (χ0v) is 13.9. The molecule has 0 saturated heterocycles. The molecule has 3 rings (SSSR count). The average Bonchev–Trinajstić information content (AvgIpc) is 2.96. The average molecular weight is 474 g/mol. The zero-order valence-electron chi connectivity index (χ0n) is 11.5. The molecule has 3 aromatic rings. The largest absolute Gasteiger partial charge is 0.477 e. The van der Waals surface area contributed by atoms with Crippen molar-refractivity contribution in [1.82, 2.24) is 25.0 Å². The summed E-state index contributed by atoms with van der Waals surface area (Å²) in [5.41, 5.74) is 1.74. The van der Waals surface area contributed by atoms with Crippen LogP contribution in [0.15, 0.2) is 48.9 Å². The molecular formula is C14H12IrN5O2-. The van der Waals surface area contributed by atoms with Gasteiger partial charge in [0.25, 0.3) is 0 Å². The molecule has 0 aliphatic carbocycles. The van der Waals surface area contributed by atoms with Gasteiger partial charge in [0.15, 0.2) is 0 Å². The summed E-state index contributed by atoms with van der Waals surface area (Å²) >= 11 is 0. The monoisotopic (exact) mass is 475 g/mol. The molecule has 3 heterocycles. The van der Waals surface area contributed by atoms with Gasteiger partial charge >= 0.3 is 5.97 Å². The molecule has 7 nitrogen and oxygen atoms in total. The van der Waals surface area contributed by atoms with Gasteiger partial charge in [-0.1, -0.05) is 12.3 Å². The maximum atomic E-state index is 10.1. The van der Waals surface area contributed by atoms with E-state index in [1.54, 1.807) is 31.6 Å². The van der Waals surface area contributed by atoms with Crippen LogP contribution in [0.2, 0.25) is 0 Å². The summed E-state index contributed by atoms with van der Waals surface area (Å²) in [6.07, 6.45) is 7.65. The number of aryl methyl sites for hydroxylation is 1. The molecule has 0 atom stereocenters. The number of pyridine rings is 2. The summed E-state index contributed by atoms with van der Waals surface area (Å²) in [6, 6.07) is 8.50. The van der Waals surface area contributed by atoms with E-state index >= 15 is 0 Å². The van der Waals surface area contributed by atoms with Crippen molar-refractivity contribution in [3.8, 4) is 11.3 Å². The fourth-order valence-electron chi connectivity index (χ4n) is 1.43. The number of carbonyl (C=O) groups is 1. The molecule has 0 aliphatic rings. The number of carboxylic acids is 1. The first kappa shape index (κ1) is 17.6. The van der Waals surface area contributed by atoms with Gasteiger partial charge in [-0.2, -0.15) is 9.90 Å². The van der Waals surface area contributed by atoms with E-state index in [1.165, 1.54) is 17.1 Å². The predicted octanol–water partition coefficient (Wildman–Crippen LogP) is 1.45. The summed E-state index contributed by atoms with van der Waals surface area (Å²) in [6.45, 7) is 0. The molecular weight excluding hydrogens is 462 g/mol. The Hall–Kier alpha value is -2.44. The normalized spacial score (nSPS) is 9.14. The molecule has 0 bridgehead atoms. The van der Waals surface area contributed by atoms with Crippen LogP contribution < -0.4 is 0 Å². The van der Waals surface area contributed by atoms with Crippen LogP contribution >= 0.6 is 0 Å². The van der Waals surface area contributed by atoms with E-state index in [0.29, 0.717) is 0 Å². The van der Waals surface area contributed by atoms with Crippen LogP contribution in [-0.2, 0) is 27.2 Å². The molecule has 0 amide bonds. The number of carboxylic acid groups (broad SMARTS) is 1. The number of aromatic nitrogens is 5. The van der Waals surface area contributed by atoms with Crippen LogP contribution in [0.4, 0.5) is 0 Å². The SMILES string of the molecule is Cn1ncc(-c2[c-]nccc2)n1.O=C(O)c1ccccn1.[Ir]. The van der Waals surface area contributed by atoms with E-state index in [4.69, 9.17) is 5.11 Å². The van der Waals surface area contributed by atoms with Crippen LogP contribution in [0.1, 0.15) is 10.5 Å². The van der Waals surface area contributed by atoms with Crippen molar-refractivity contribution in [2.75, 3.05) is 0 Å². The topological polar surface area (TPSA) is 93.8 Å². The van der Waals surface area contributed by atoms with Gasteiger partial charge in [0, 0.05) is 45.2 Å². The van der Waals surface area contributed by atoms with Crippen molar-refractivity contribution in [1.29, 1.82) is 0 Å². The number of hydrogen-bond acceptors (Lipinski definition) is 5. The first-order chi connectivity index (χ1) is 10.2. The molecule has 0 aromatic carbocycles. The number of hydrogen-bond donors (Lipinski definition) is 1. The number of nitrogens with zero attached hydrogens (tertiary/aromatic N) is 5. The third-order valence-corrected chi connectivity index (χ3v) is 2.37. The van der Waals surface area contributed by atoms with Crippen LogP contribution in [0.25, 0.3) is 11.3 Å². The summed E-state index contributed by atoms with van der Waals surface area (Å²) in [5, 5.41) is 16.4. The second kappa shape index (κ2) is 8.76. The Morgan fingerprint density at radius 2 is 2.05 bits per heavy atom. The second-order valence-corrected chi connectivity index (χ2v) is 3.90. The Morgan fingerprint density at radius 3 is 2.50 bits per heavy atom. The van der Waals surface area contributed by atoms with Gasteiger partial charge in [0.05, 0.1) is 0 Å². The fourth-order valence-corrected chi connectivity index (χ4v) is 1.43. The standard InChI is InChI=1S/C8H7N4.C6H5NO2.Ir/c1-12-10-6-8(11-12)7-3-2-4-9-5-7;8-6(9)5-3-1-2-4-7-5;/h2-4,6H,1H3;1-4H,(H,8,9);/q-1;;. The van der Waals surface area contributed by atoms with Crippen molar-refractivity contribution in [2.45, 2.75) is 0 Å². The molecule has 0 spiro atoms. The van der Waals surface area contributed by atoms with Crippen LogP contribution in [0, 0.1) is 6.20 Å². The Kier molecular flexibility index (Phi) is 7.01. The zero-order chi connectivity index (χ0) is 15.1. The summed E-state index contributed by atoms with van der Waals surface area (Å²) in [5.74, 6) is -0.990. The van der Waals surface area contributed by atoms with Gasteiger partial charge in [-0.3, -0.25) is 0 Å². The predicted molar refractivity (Wildman–Crippen MR) is 74.3 cm³/mol. The van der Waals surface area contributed by atoms with Gasteiger partial charge in [-0.25, -0.2) is 14.9 Å².